The molecule has 1 amide bonds. The van der Waals surface area contributed by atoms with Gasteiger partial charge in [0.15, 0.2) is 0 Å². The average Bonchev–Trinajstić information content (AvgIpc) is 3.89. The largest absolute Gasteiger partial charge is 0.472 e. The standard InChI is InChI=1S/C45H77N2O7P/c1-6-8-10-11-12-13-14-15-18-21-24-27-31-34-42(48)41(40-53-55(50,51)52-39-38-47(3,4)5)46-45(49)37-33-29-26-23-20-17-16-19-22-25-28-32-36-44-43(54-44)35-30-9-7-2/h9-11,17,19-20,22,26,28-32,34,41-44,48H,6-8,12-16,18,21,23-25,27,33,35-40H2,1-5H3,(H-,46,49,50,51)/p+1/b11-10-,20-17-,22-19-,29-26-,30-9-,32-28-,34-31+/t41-,42+,43?,44?/m0/s1. The molecule has 1 rings (SSSR count). The van der Waals surface area contributed by atoms with Gasteiger partial charge in [-0.15, -0.1) is 0 Å². The summed E-state index contributed by atoms with van der Waals surface area (Å²) in [4.78, 5) is 23.0. The molecule has 10 heteroatoms. The van der Waals surface area contributed by atoms with Crippen LogP contribution in [0.1, 0.15) is 129 Å². The summed E-state index contributed by atoms with van der Waals surface area (Å²) in [5.41, 5.74) is 0. The van der Waals surface area contributed by atoms with E-state index in [9.17, 15) is 19.4 Å². The van der Waals surface area contributed by atoms with Gasteiger partial charge < -0.3 is 24.5 Å². The summed E-state index contributed by atoms with van der Waals surface area (Å²) in [6.07, 6.45) is 47.0. The molecule has 5 atom stereocenters. The van der Waals surface area contributed by atoms with Crippen molar-refractivity contribution in [1.29, 1.82) is 0 Å². The fourth-order valence-electron chi connectivity index (χ4n) is 5.52. The number of amides is 1. The maximum Gasteiger partial charge on any atom is 0.472 e. The Morgan fingerprint density at radius 2 is 1.25 bits per heavy atom. The minimum atomic E-state index is -4.36. The summed E-state index contributed by atoms with van der Waals surface area (Å²) >= 11 is 0. The van der Waals surface area contributed by atoms with Crippen LogP contribution in [-0.2, 0) is 23.1 Å². The van der Waals surface area contributed by atoms with Gasteiger partial charge in [-0.2, -0.15) is 0 Å². The van der Waals surface area contributed by atoms with E-state index in [0.29, 0.717) is 29.7 Å². The molecule has 0 saturated carbocycles. The molecule has 3 N–H and O–H groups in total. The summed E-state index contributed by atoms with van der Waals surface area (Å²) in [6, 6.07) is -0.898. The highest BCUT2D eigenvalue weighted by molar-refractivity contribution is 7.47. The molecule has 1 aliphatic rings. The maximum absolute atomic E-state index is 12.8. The lowest BCUT2D eigenvalue weighted by Crippen LogP contribution is -2.45. The van der Waals surface area contributed by atoms with Crippen LogP contribution in [0.2, 0.25) is 0 Å². The van der Waals surface area contributed by atoms with E-state index >= 15 is 0 Å². The molecule has 1 aliphatic heterocycles. The molecular formula is C45H78N2O7P+. The van der Waals surface area contributed by atoms with Gasteiger partial charge in [0.05, 0.1) is 52.1 Å². The molecule has 0 bridgehead atoms. The van der Waals surface area contributed by atoms with Crippen molar-refractivity contribution < 1.29 is 37.6 Å². The van der Waals surface area contributed by atoms with Gasteiger partial charge in [-0.1, -0.05) is 131 Å². The number of ether oxygens (including phenoxy) is 1. The lowest BCUT2D eigenvalue weighted by atomic mass is 10.1. The Morgan fingerprint density at radius 1 is 0.727 bits per heavy atom. The van der Waals surface area contributed by atoms with Gasteiger partial charge in [0.25, 0.3) is 0 Å². The number of allylic oxidation sites excluding steroid dienone is 11. The van der Waals surface area contributed by atoms with Gasteiger partial charge >= 0.3 is 7.82 Å². The van der Waals surface area contributed by atoms with Crippen LogP contribution in [0.4, 0.5) is 0 Å². The molecule has 0 radical (unpaired) electrons. The highest BCUT2D eigenvalue weighted by Gasteiger charge is 2.36. The van der Waals surface area contributed by atoms with E-state index in [4.69, 9.17) is 13.8 Å². The van der Waals surface area contributed by atoms with E-state index in [1.165, 1.54) is 38.5 Å². The molecule has 314 valence electrons. The molecule has 9 nitrogen and oxygen atoms in total. The number of unbranched alkanes of at least 4 members (excludes halogenated alkanes) is 8. The number of phosphoric ester groups is 1. The first-order valence-corrected chi connectivity index (χ1v) is 22.6. The third kappa shape index (κ3) is 32.4. The fourth-order valence-corrected chi connectivity index (χ4v) is 6.25. The van der Waals surface area contributed by atoms with Gasteiger partial charge in [-0.25, -0.2) is 4.57 Å². The quantitative estimate of drug-likeness (QED) is 0.0192. The number of carbonyl (C=O) groups is 1. The van der Waals surface area contributed by atoms with Crippen molar-refractivity contribution in [3.8, 4) is 0 Å². The van der Waals surface area contributed by atoms with Crippen molar-refractivity contribution in [1.82, 2.24) is 5.32 Å². The SMILES string of the molecule is CC/C=C\CC1OC1C/C=C\C/C=C\C/C=C\C/C=C\CCC(=O)N[C@@H](COP(=O)(O)OCC[N+](C)(C)C)[C@H](O)/C=C/CCCCCCCC/C=C\CCC. The molecule has 0 aliphatic carbocycles. The van der Waals surface area contributed by atoms with Gasteiger partial charge in [-0.05, 0) is 77.0 Å². The number of aliphatic hydroxyl groups is 1. The Kier molecular flexibility index (Phi) is 30.1. The predicted octanol–water partition coefficient (Wildman–Crippen LogP) is 10.4. The minimum absolute atomic E-state index is 0.0393. The molecular weight excluding hydrogens is 711 g/mol. The summed E-state index contributed by atoms with van der Waals surface area (Å²) in [5.74, 6) is -0.270. The summed E-state index contributed by atoms with van der Waals surface area (Å²) < 4.78 is 29.1. The smallest absolute Gasteiger partial charge is 0.387 e. The number of phosphoric acid groups is 1. The van der Waals surface area contributed by atoms with Crippen molar-refractivity contribution in [3.63, 3.8) is 0 Å². The van der Waals surface area contributed by atoms with Crippen LogP contribution < -0.4 is 5.32 Å². The molecule has 0 aromatic carbocycles. The molecule has 0 aromatic rings. The Hall–Kier alpha value is -2.36. The predicted molar refractivity (Wildman–Crippen MR) is 230 cm³/mol. The van der Waals surface area contributed by atoms with E-state index < -0.39 is 20.0 Å². The monoisotopic (exact) mass is 790 g/mol. The second kappa shape index (κ2) is 32.7. The number of carbonyl (C=O) groups excluding carboxylic acids is 1. The van der Waals surface area contributed by atoms with Crippen LogP contribution in [0, 0.1) is 0 Å². The molecule has 1 saturated heterocycles. The summed E-state index contributed by atoms with van der Waals surface area (Å²) in [6.45, 7) is 4.54. The fraction of sp³-hybridized carbons (Fsp3) is 0.667. The van der Waals surface area contributed by atoms with Crippen LogP contribution >= 0.6 is 7.82 Å². The zero-order valence-electron chi connectivity index (χ0n) is 35.1. The van der Waals surface area contributed by atoms with Crippen LogP contribution in [-0.4, -0.2) is 85.6 Å². The van der Waals surface area contributed by atoms with E-state index in [2.05, 4.69) is 79.9 Å². The maximum atomic E-state index is 12.8. The van der Waals surface area contributed by atoms with Crippen LogP contribution in [0.5, 0.6) is 0 Å². The first-order chi connectivity index (χ1) is 26.5. The number of rotatable bonds is 35. The lowest BCUT2D eigenvalue weighted by Gasteiger charge is -2.25. The van der Waals surface area contributed by atoms with Gasteiger partial charge in [0, 0.05) is 6.42 Å². The van der Waals surface area contributed by atoms with Crippen molar-refractivity contribution in [3.05, 3.63) is 85.1 Å². The van der Waals surface area contributed by atoms with E-state index in [1.54, 1.807) is 6.08 Å². The molecule has 3 unspecified atom stereocenters. The number of hydrogen-bond donors (Lipinski definition) is 3. The topological polar surface area (TPSA) is 118 Å². The third-order valence-corrected chi connectivity index (χ3v) is 9.97. The molecule has 55 heavy (non-hydrogen) atoms. The lowest BCUT2D eigenvalue weighted by molar-refractivity contribution is -0.870. The van der Waals surface area contributed by atoms with Crippen LogP contribution in [0.3, 0.4) is 0 Å². The number of nitrogens with one attached hydrogen (secondary N) is 1. The van der Waals surface area contributed by atoms with Crippen molar-refractivity contribution in [2.45, 2.75) is 154 Å². The van der Waals surface area contributed by atoms with Crippen molar-refractivity contribution >= 4 is 13.7 Å². The molecule has 1 fully saturated rings. The van der Waals surface area contributed by atoms with Crippen molar-refractivity contribution in [2.75, 3.05) is 40.9 Å². The first kappa shape index (κ1) is 50.7. The number of hydrogen-bond acceptors (Lipinski definition) is 6. The van der Waals surface area contributed by atoms with Crippen LogP contribution in [0.15, 0.2) is 85.1 Å². The van der Waals surface area contributed by atoms with E-state index in [0.717, 1.165) is 64.2 Å². The number of nitrogens with zero attached hydrogens (tertiary/aromatic N) is 1. The van der Waals surface area contributed by atoms with Crippen LogP contribution in [0.25, 0.3) is 0 Å². The molecule has 0 aromatic heterocycles. The van der Waals surface area contributed by atoms with Crippen molar-refractivity contribution in [2.24, 2.45) is 0 Å². The second-order valence-electron chi connectivity index (χ2n) is 15.4. The summed E-state index contributed by atoms with van der Waals surface area (Å²) in [5, 5.41) is 13.7. The van der Waals surface area contributed by atoms with Gasteiger partial charge in [0.1, 0.15) is 13.2 Å². The number of likely N-dealkylation sites (N-methyl/N-ethyl adjacent to an activating group) is 1. The molecule has 0 spiro atoms. The summed E-state index contributed by atoms with van der Waals surface area (Å²) in [7, 11) is 1.50. The number of aliphatic hydroxyl groups excluding tert-OH is 1. The minimum Gasteiger partial charge on any atom is -0.387 e. The Bertz CT molecular complexity index is 1230. The zero-order chi connectivity index (χ0) is 40.5. The van der Waals surface area contributed by atoms with Gasteiger partial charge in [0.2, 0.25) is 5.91 Å². The Morgan fingerprint density at radius 3 is 1.85 bits per heavy atom. The third-order valence-electron chi connectivity index (χ3n) is 8.99. The van der Waals surface area contributed by atoms with E-state index in [-0.39, 0.29) is 25.5 Å². The highest BCUT2D eigenvalue weighted by Crippen LogP contribution is 2.43. The Labute approximate surface area is 335 Å². The number of quaternary nitrogens is 1. The first-order valence-electron chi connectivity index (χ1n) is 21.1. The van der Waals surface area contributed by atoms with E-state index in [1.807, 2.05) is 39.4 Å². The highest BCUT2D eigenvalue weighted by atomic mass is 31.2. The Balaban J connectivity index is 2.40. The number of epoxide rings is 1. The average molecular weight is 790 g/mol. The zero-order valence-corrected chi connectivity index (χ0v) is 36.0. The molecule has 1 heterocycles. The normalized spacial score (nSPS) is 19.0. The van der Waals surface area contributed by atoms with Gasteiger partial charge in [-0.3, -0.25) is 13.8 Å². The second-order valence-corrected chi connectivity index (χ2v) is 16.8.